The second kappa shape index (κ2) is 3.61. The summed E-state index contributed by atoms with van der Waals surface area (Å²) >= 11 is 0. The number of hydrogen-bond donors (Lipinski definition) is 1. The minimum absolute atomic E-state index is 0.543. The van der Waals surface area contributed by atoms with Crippen molar-refractivity contribution in [2.45, 2.75) is 6.92 Å². The summed E-state index contributed by atoms with van der Waals surface area (Å²) in [7, 11) is 0. The third kappa shape index (κ3) is 2.29. The molecule has 0 aromatic carbocycles. The third-order valence-electron chi connectivity index (χ3n) is 1.19. The van der Waals surface area contributed by atoms with Gasteiger partial charge in [0, 0.05) is 0 Å². The molecule has 0 atom stereocenters. The normalized spacial score (nSPS) is 12.6. The monoisotopic (exact) mass is 151 g/mol. The van der Waals surface area contributed by atoms with Crippen LogP contribution in [0.1, 0.15) is 12.7 Å². The van der Waals surface area contributed by atoms with Crippen molar-refractivity contribution in [3.63, 3.8) is 0 Å². The quantitative estimate of drug-likeness (QED) is 0.400. The molecular formula is C8H9NO2. The van der Waals surface area contributed by atoms with Gasteiger partial charge in [0.1, 0.15) is 5.76 Å². The maximum absolute atomic E-state index is 8.27. The van der Waals surface area contributed by atoms with Crippen LogP contribution in [0.25, 0.3) is 6.08 Å². The number of allylic oxidation sites excluding steroid dienone is 1. The first kappa shape index (κ1) is 7.60. The van der Waals surface area contributed by atoms with Crippen molar-refractivity contribution in [2.75, 3.05) is 0 Å². The molecular weight excluding hydrogens is 142 g/mol. The van der Waals surface area contributed by atoms with Gasteiger partial charge in [0.15, 0.2) is 0 Å². The van der Waals surface area contributed by atoms with E-state index in [0.29, 0.717) is 5.71 Å². The topological polar surface area (TPSA) is 45.7 Å². The van der Waals surface area contributed by atoms with Crippen molar-refractivity contribution in [3.05, 3.63) is 30.2 Å². The van der Waals surface area contributed by atoms with Gasteiger partial charge in [-0.3, -0.25) is 0 Å². The zero-order valence-corrected chi connectivity index (χ0v) is 6.19. The van der Waals surface area contributed by atoms with E-state index in [9.17, 15) is 0 Å². The number of hydrogen-bond acceptors (Lipinski definition) is 3. The summed E-state index contributed by atoms with van der Waals surface area (Å²) < 4.78 is 5.00. The molecule has 0 aliphatic rings. The van der Waals surface area contributed by atoms with Crippen LogP contribution in [-0.4, -0.2) is 10.9 Å². The fourth-order valence-corrected chi connectivity index (χ4v) is 0.622. The summed E-state index contributed by atoms with van der Waals surface area (Å²) in [5, 5.41) is 11.2. The third-order valence-corrected chi connectivity index (χ3v) is 1.19. The van der Waals surface area contributed by atoms with Crippen LogP contribution in [0.5, 0.6) is 0 Å². The Labute approximate surface area is 64.6 Å². The first-order valence-electron chi connectivity index (χ1n) is 3.23. The Morgan fingerprint density at radius 1 is 1.73 bits per heavy atom. The van der Waals surface area contributed by atoms with Crippen LogP contribution >= 0.6 is 0 Å². The predicted octanol–water partition coefficient (Wildman–Crippen LogP) is 2.14. The minimum Gasteiger partial charge on any atom is -0.465 e. The fraction of sp³-hybridized carbons (Fsp3) is 0.125. The molecule has 0 unspecified atom stereocenters. The van der Waals surface area contributed by atoms with Gasteiger partial charge in [0.2, 0.25) is 0 Å². The number of nitrogens with zero attached hydrogens (tertiary/aromatic N) is 1. The molecule has 0 spiro atoms. The van der Waals surface area contributed by atoms with Gasteiger partial charge < -0.3 is 9.62 Å². The fourth-order valence-electron chi connectivity index (χ4n) is 0.622. The van der Waals surface area contributed by atoms with E-state index in [1.165, 1.54) is 0 Å². The summed E-state index contributed by atoms with van der Waals surface area (Å²) in [6.45, 7) is 1.69. The number of furan rings is 1. The molecule has 0 saturated carbocycles. The zero-order chi connectivity index (χ0) is 8.10. The van der Waals surface area contributed by atoms with E-state index < -0.39 is 0 Å². The zero-order valence-electron chi connectivity index (χ0n) is 6.19. The molecule has 3 heteroatoms. The molecule has 1 heterocycles. The second-order valence-corrected chi connectivity index (χ2v) is 2.09. The predicted molar refractivity (Wildman–Crippen MR) is 42.6 cm³/mol. The van der Waals surface area contributed by atoms with Crippen LogP contribution in [0.4, 0.5) is 0 Å². The van der Waals surface area contributed by atoms with Crippen molar-refractivity contribution >= 4 is 11.8 Å². The molecule has 1 aromatic heterocycles. The number of rotatable bonds is 2. The summed E-state index contributed by atoms with van der Waals surface area (Å²) in [6.07, 6.45) is 4.99. The van der Waals surface area contributed by atoms with Crippen LogP contribution in [0.3, 0.4) is 0 Å². The number of oxime groups is 1. The van der Waals surface area contributed by atoms with Crippen molar-refractivity contribution in [3.8, 4) is 0 Å². The van der Waals surface area contributed by atoms with E-state index in [1.54, 1.807) is 31.4 Å². The Kier molecular flexibility index (Phi) is 2.49. The molecule has 0 fully saturated rings. The summed E-state index contributed by atoms with van der Waals surface area (Å²) in [6, 6.07) is 3.62. The van der Waals surface area contributed by atoms with Gasteiger partial charge in [0.25, 0.3) is 0 Å². The Morgan fingerprint density at radius 2 is 2.55 bits per heavy atom. The highest BCUT2D eigenvalue weighted by Gasteiger charge is 1.87. The summed E-state index contributed by atoms with van der Waals surface area (Å²) in [5.74, 6) is 0.744. The van der Waals surface area contributed by atoms with E-state index in [1.807, 2.05) is 6.07 Å². The van der Waals surface area contributed by atoms with E-state index in [2.05, 4.69) is 5.16 Å². The molecule has 0 aliphatic heterocycles. The van der Waals surface area contributed by atoms with Gasteiger partial charge in [-0.25, -0.2) is 0 Å². The molecule has 3 nitrogen and oxygen atoms in total. The van der Waals surface area contributed by atoms with E-state index in [4.69, 9.17) is 9.62 Å². The Morgan fingerprint density at radius 3 is 3.09 bits per heavy atom. The van der Waals surface area contributed by atoms with E-state index >= 15 is 0 Å². The largest absolute Gasteiger partial charge is 0.465 e. The lowest BCUT2D eigenvalue weighted by Gasteiger charge is -1.83. The molecule has 0 bridgehead atoms. The maximum Gasteiger partial charge on any atom is 0.126 e. The molecule has 0 aliphatic carbocycles. The van der Waals surface area contributed by atoms with Crippen LogP contribution in [0, 0.1) is 0 Å². The Balaban J connectivity index is 2.63. The Bertz CT molecular complexity index is 260. The van der Waals surface area contributed by atoms with Gasteiger partial charge >= 0.3 is 0 Å². The Hall–Kier alpha value is -1.51. The average Bonchev–Trinajstić information content (AvgIpc) is 2.52. The first-order chi connectivity index (χ1) is 5.33. The van der Waals surface area contributed by atoms with Gasteiger partial charge in [-0.2, -0.15) is 0 Å². The van der Waals surface area contributed by atoms with Gasteiger partial charge in [-0.05, 0) is 31.2 Å². The molecule has 0 radical (unpaired) electrons. The molecule has 1 rings (SSSR count). The summed E-state index contributed by atoms with van der Waals surface area (Å²) in [5.41, 5.74) is 0.543. The molecule has 0 saturated heterocycles. The van der Waals surface area contributed by atoms with Crippen molar-refractivity contribution < 1.29 is 9.62 Å². The van der Waals surface area contributed by atoms with Crippen LogP contribution in [-0.2, 0) is 0 Å². The van der Waals surface area contributed by atoms with E-state index in [0.717, 1.165) is 5.76 Å². The molecule has 1 N–H and O–H groups in total. The standard InChI is InChI=1S/C8H9NO2/c1-7(9-10)4-5-8-3-2-6-11-8/h2-6,10H,1H3/b5-4+,9-7+. The highest BCUT2D eigenvalue weighted by atomic mass is 16.4. The highest BCUT2D eigenvalue weighted by molar-refractivity contribution is 5.95. The summed E-state index contributed by atoms with van der Waals surface area (Å²) in [4.78, 5) is 0. The van der Waals surface area contributed by atoms with Gasteiger partial charge in [-0.15, -0.1) is 0 Å². The molecule has 58 valence electrons. The van der Waals surface area contributed by atoms with Crippen molar-refractivity contribution in [1.29, 1.82) is 0 Å². The average molecular weight is 151 g/mol. The van der Waals surface area contributed by atoms with Crippen molar-refractivity contribution in [2.24, 2.45) is 5.16 Å². The smallest absolute Gasteiger partial charge is 0.126 e. The lowest BCUT2D eigenvalue weighted by Crippen LogP contribution is -1.81. The van der Waals surface area contributed by atoms with Crippen LogP contribution in [0.15, 0.2) is 34.0 Å². The minimum atomic E-state index is 0.543. The van der Waals surface area contributed by atoms with Gasteiger partial charge in [0.05, 0.1) is 12.0 Å². The lowest BCUT2D eigenvalue weighted by molar-refractivity contribution is 0.319. The maximum atomic E-state index is 8.27. The second-order valence-electron chi connectivity index (χ2n) is 2.09. The van der Waals surface area contributed by atoms with Crippen LogP contribution in [0.2, 0.25) is 0 Å². The molecule has 11 heavy (non-hydrogen) atoms. The van der Waals surface area contributed by atoms with Crippen molar-refractivity contribution in [1.82, 2.24) is 0 Å². The highest BCUT2D eigenvalue weighted by Crippen LogP contribution is 2.01. The van der Waals surface area contributed by atoms with E-state index in [-0.39, 0.29) is 0 Å². The molecule has 0 amide bonds. The van der Waals surface area contributed by atoms with Crippen LogP contribution < -0.4 is 0 Å². The SMILES string of the molecule is CC(/C=C/c1ccco1)=N\O. The first-order valence-corrected chi connectivity index (χ1v) is 3.23. The molecule has 1 aromatic rings. The van der Waals surface area contributed by atoms with Gasteiger partial charge in [-0.1, -0.05) is 5.16 Å². The lowest BCUT2D eigenvalue weighted by atomic mass is 10.3.